The van der Waals surface area contributed by atoms with Crippen LogP contribution >= 0.6 is 0 Å². The molecule has 0 aromatic carbocycles. The third kappa shape index (κ3) is 2.47. The Labute approximate surface area is 86.9 Å². The minimum Gasteiger partial charge on any atom is -0.480 e. The van der Waals surface area contributed by atoms with E-state index in [9.17, 15) is 19.2 Å². The molecule has 1 amide bonds. The first-order valence-corrected chi connectivity index (χ1v) is 3.97. The summed E-state index contributed by atoms with van der Waals surface area (Å²) in [7, 11) is 0. The number of aromatic nitrogens is 2. The third-order valence-electron chi connectivity index (χ3n) is 1.57. The monoisotopic (exact) mass is 229 g/mol. The van der Waals surface area contributed by atoms with Gasteiger partial charge in [-0.25, -0.2) is 4.79 Å². The van der Waals surface area contributed by atoms with E-state index in [-0.39, 0.29) is 4.73 Å². The van der Waals surface area contributed by atoms with E-state index in [1.807, 2.05) is 5.32 Å². The fourth-order valence-electron chi connectivity index (χ4n) is 0.874. The van der Waals surface area contributed by atoms with Gasteiger partial charge in [0.15, 0.2) is 0 Å². The number of nitrogens with zero attached hydrogens (tertiary/aromatic N) is 1. The molecule has 0 atom stereocenters. The smallest absolute Gasteiger partial charge is 0.361 e. The number of amides is 1. The van der Waals surface area contributed by atoms with Crippen LogP contribution in [0.3, 0.4) is 0 Å². The average molecular weight is 229 g/mol. The largest absolute Gasteiger partial charge is 0.480 e. The third-order valence-corrected chi connectivity index (χ3v) is 1.57. The highest BCUT2D eigenvalue weighted by atomic mass is 16.5. The Kier molecular flexibility index (Phi) is 3.09. The Morgan fingerprint density at radius 2 is 2.06 bits per heavy atom. The Morgan fingerprint density at radius 1 is 1.44 bits per heavy atom. The van der Waals surface area contributed by atoms with E-state index < -0.39 is 35.2 Å². The quantitative estimate of drug-likeness (QED) is 0.425. The summed E-state index contributed by atoms with van der Waals surface area (Å²) >= 11 is 0. The van der Waals surface area contributed by atoms with Crippen molar-refractivity contribution >= 4 is 11.9 Å². The molecule has 0 aliphatic rings. The summed E-state index contributed by atoms with van der Waals surface area (Å²) in [4.78, 5) is 44.8. The summed E-state index contributed by atoms with van der Waals surface area (Å²) in [6.45, 7) is -0.678. The number of hydrogen-bond acceptors (Lipinski definition) is 5. The van der Waals surface area contributed by atoms with Gasteiger partial charge in [-0.1, -0.05) is 0 Å². The molecule has 16 heavy (non-hydrogen) atoms. The van der Waals surface area contributed by atoms with Crippen molar-refractivity contribution in [3.8, 4) is 0 Å². The van der Waals surface area contributed by atoms with Crippen molar-refractivity contribution < 1.29 is 19.9 Å². The molecule has 0 bridgehead atoms. The van der Waals surface area contributed by atoms with Gasteiger partial charge in [0, 0.05) is 0 Å². The molecule has 9 nitrogen and oxygen atoms in total. The number of aromatic amines is 1. The normalized spacial score (nSPS) is 9.75. The maximum Gasteiger partial charge on any atom is 0.361 e. The van der Waals surface area contributed by atoms with Crippen molar-refractivity contribution in [2.45, 2.75) is 0 Å². The zero-order chi connectivity index (χ0) is 12.3. The van der Waals surface area contributed by atoms with Crippen LogP contribution in [0.2, 0.25) is 0 Å². The van der Waals surface area contributed by atoms with E-state index in [4.69, 9.17) is 10.3 Å². The number of hydrogen-bond donors (Lipinski definition) is 4. The Hall–Kier alpha value is -2.58. The second kappa shape index (κ2) is 4.29. The molecule has 0 radical (unpaired) electrons. The molecule has 1 rings (SSSR count). The predicted molar refractivity (Wildman–Crippen MR) is 48.5 cm³/mol. The number of carboxylic acids is 1. The fraction of sp³-hybridized carbons (Fsp3) is 0.143. The van der Waals surface area contributed by atoms with Gasteiger partial charge in [0.05, 0.1) is 6.20 Å². The van der Waals surface area contributed by atoms with Crippen LogP contribution in [0.1, 0.15) is 10.4 Å². The van der Waals surface area contributed by atoms with E-state index in [0.29, 0.717) is 6.20 Å². The molecule has 0 unspecified atom stereocenters. The highest BCUT2D eigenvalue weighted by Gasteiger charge is 2.13. The highest BCUT2D eigenvalue weighted by Crippen LogP contribution is 1.85. The van der Waals surface area contributed by atoms with Crippen LogP contribution in [0.25, 0.3) is 0 Å². The van der Waals surface area contributed by atoms with Crippen molar-refractivity contribution in [1.29, 1.82) is 0 Å². The number of H-pyrrole nitrogens is 1. The van der Waals surface area contributed by atoms with E-state index >= 15 is 0 Å². The van der Waals surface area contributed by atoms with Gasteiger partial charge < -0.3 is 15.6 Å². The molecule has 9 heteroatoms. The summed E-state index contributed by atoms with van der Waals surface area (Å²) in [6, 6.07) is 0. The molecule has 1 heterocycles. The van der Waals surface area contributed by atoms with Crippen LogP contribution in [-0.4, -0.2) is 38.4 Å². The Bertz CT molecular complexity index is 542. The fourth-order valence-corrected chi connectivity index (χ4v) is 0.874. The maximum atomic E-state index is 11.2. The summed E-state index contributed by atoms with van der Waals surface area (Å²) in [5.41, 5.74) is -2.68. The van der Waals surface area contributed by atoms with E-state index in [0.717, 1.165) is 0 Å². The second-order valence-electron chi connectivity index (χ2n) is 2.72. The molecular weight excluding hydrogens is 222 g/mol. The molecule has 0 saturated heterocycles. The van der Waals surface area contributed by atoms with Gasteiger partial charge in [0.25, 0.3) is 11.5 Å². The SMILES string of the molecule is O=C(O)CNC(=O)c1cn(O)c(=O)[nH]c1=O. The zero-order valence-corrected chi connectivity index (χ0v) is 7.76. The Balaban J connectivity index is 3.01. The second-order valence-corrected chi connectivity index (χ2v) is 2.72. The Morgan fingerprint density at radius 3 is 2.62 bits per heavy atom. The van der Waals surface area contributed by atoms with Crippen LogP contribution in [0, 0.1) is 0 Å². The molecule has 0 aliphatic heterocycles. The van der Waals surface area contributed by atoms with Gasteiger partial charge in [-0.2, -0.15) is 0 Å². The molecule has 4 N–H and O–H groups in total. The van der Waals surface area contributed by atoms with E-state index in [2.05, 4.69) is 0 Å². The number of aliphatic carboxylic acids is 1. The zero-order valence-electron chi connectivity index (χ0n) is 7.76. The van der Waals surface area contributed by atoms with Crippen molar-refractivity contribution in [1.82, 2.24) is 15.0 Å². The maximum absolute atomic E-state index is 11.2. The number of carboxylic acid groups (broad SMARTS) is 1. The number of rotatable bonds is 3. The van der Waals surface area contributed by atoms with Gasteiger partial charge in [-0.3, -0.25) is 19.4 Å². The minimum atomic E-state index is -1.29. The highest BCUT2D eigenvalue weighted by molar-refractivity contribution is 5.95. The minimum absolute atomic E-state index is 0.0110. The molecule has 0 fully saturated rings. The predicted octanol–water partition coefficient (Wildman–Crippen LogP) is -2.41. The van der Waals surface area contributed by atoms with Gasteiger partial charge in [0.1, 0.15) is 12.1 Å². The van der Waals surface area contributed by atoms with Gasteiger partial charge in [0.2, 0.25) is 0 Å². The molecular formula is C7H7N3O6. The van der Waals surface area contributed by atoms with Crippen LogP contribution in [0.15, 0.2) is 15.8 Å². The number of carbonyl (C=O) groups excluding carboxylic acids is 1. The molecule has 0 aliphatic carbocycles. The lowest BCUT2D eigenvalue weighted by atomic mass is 10.3. The van der Waals surface area contributed by atoms with Crippen molar-refractivity contribution in [2.75, 3.05) is 6.54 Å². The summed E-state index contributed by atoms with van der Waals surface area (Å²) in [5, 5.41) is 19.1. The van der Waals surface area contributed by atoms with Crippen LogP contribution in [0.5, 0.6) is 0 Å². The molecule has 0 spiro atoms. The van der Waals surface area contributed by atoms with Crippen LogP contribution in [0.4, 0.5) is 0 Å². The summed E-state index contributed by atoms with van der Waals surface area (Å²) in [6.07, 6.45) is 0.596. The average Bonchev–Trinajstić information content (AvgIpc) is 2.20. The topological polar surface area (TPSA) is 141 Å². The number of carbonyl (C=O) groups is 2. The molecule has 1 aromatic rings. The lowest BCUT2D eigenvalue weighted by molar-refractivity contribution is -0.135. The van der Waals surface area contributed by atoms with Crippen LogP contribution < -0.4 is 16.6 Å². The summed E-state index contributed by atoms with van der Waals surface area (Å²) < 4.78 is 0.0110. The van der Waals surface area contributed by atoms with Crippen molar-refractivity contribution in [3.05, 3.63) is 32.6 Å². The van der Waals surface area contributed by atoms with Crippen molar-refractivity contribution in [2.24, 2.45) is 0 Å². The van der Waals surface area contributed by atoms with Gasteiger partial charge in [-0.05, 0) is 0 Å². The summed E-state index contributed by atoms with van der Waals surface area (Å²) in [5.74, 6) is -2.30. The first-order chi connectivity index (χ1) is 7.41. The van der Waals surface area contributed by atoms with Crippen LogP contribution in [-0.2, 0) is 4.79 Å². The first kappa shape index (κ1) is 11.5. The first-order valence-electron chi connectivity index (χ1n) is 3.97. The van der Waals surface area contributed by atoms with E-state index in [1.165, 1.54) is 0 Å². The van der Waals surface area contributed by atoms with Gasteiger partial charge >= 0.3 is 11.7 Å². The van der Waals surface area contributed by atoms with Crippen molar-refractivity contribution in [3.63, 3.8) is 0 Å². The lowest BCUT2D eigenvalue weighted by Crippen LogP contribution is -2.38. The van der Waals surface area contributed by atoms with Gasteiger partial charge in [-0.15, -0.1) is 4.73 Å². The standard InChI is InChI=1S/C7H7N3O6/c11-4(12)1-8-5(13)3-2-10(16)7(15)9-6(3)14/h2,16H,1H2,(H,8,13)(H,11,12)(H,9,14,15). The molecule has 0 saturated carbocycles. The van der Waals surface area contributed by atoms with E-state index in [1.54, 1.807) is 4.98 Å². The lowest BCUT2D eigenvalue weighted by Gasteiger charge is -2.01. The molecule has 86 valence electrons. The molecule has 1 aromatic heterocycles. The number of nitrogens with one attached hydrogen (secondary N) is 2.